The summed E-state index contributed by atoms with van der Waals surface area (Å²) in [5, 5.41) is 4.11. The number of hydrogen-bond acceptors (Lipinski definition) is 5. The summed E-state index contributed by atoms with van der Waals surface area (Å²) in [5.74, 6) is 1.45. The first-order valence-corrected chi connectivity index (χ1v) is 7.86. The second-order valence-corrected chi connectivity index (χ2v) is 6.68. The van der Waals surface area contributed by atoms with E-state index in [-0.39, 0.29) is 5.41 Å². The van der Waals surface area contributed by atoms with Crippen LogP contribution in [0.15, 0.2) is 28.8 Å². The average Bonchev–Trinajstić information content (AvgIpc) is 3.10. The van der Waals surface area contributed by atoms with Crippen LogP contribution in [0, 0.1) is 12.3 Å². The van der Waals surface area contributed by atoms with E-state index >= 15 is 0 Å². The summed E-state index contributed by atoms with van der Waals surface area (Å²) in [7, 11) is 0. The maximum atomic E-state index is 5.85. The van der Waals surface area contributed by atoms with Crippen molar-refractivity contribution in [3.05, 3.63) is 47.1 Å². The van der Waals surface area contributed by atoms with E-state index in [1.54, 1.807) is 0 Å². The van der Waals surface area contributed by atoms with Crippen molar-refractivity contribution >= 4 is 0 Å². The number of aryl methyl sites for hydroxylation is 1. The molecule has 1 atom stereocenters. The molecule has 0 spiro atoms. The van der Waals surface area contributed by atoms with Gasteiger partial charge in [0.25, 0.3) is 0 Å². The Hall–Kier alpha value is -1.72. The number of nitrogens with two attached hydrogens (primary N) is 1. The molecule has 2 aromatic rings. The third-order valence-corrected chi connectivity index (χ3v) is 4.61. The van der Waals surface area contributed by atoms with Crippen molar-refractivity contribution in [3.8, 4) is 0 Å². The zero-order valence-electron chi connectivity index (χ0n) is 13.4. The SMILES string of the molecule is Cc1ccccc1Cc1noc(CN2CCC(C)(CN)C2)n1. The maximum absolute atomic E-state index is 5.85. The summed E-state index contributed by atoms with van der Waals surface area (Å²) in [6.45, 7) is 7.84. The number of rotatable bonds is 5. The van der Waals surface area contributed by atoms with E-state index in [0.29, 0.717) is 5.89 Å². The van der Waals surface area contributed by atoms with Gasteiger partial charge in [0.2, 0.25) is 5.89 Å². The first-order valence-electron chi connectivity index (χ1n) is 7.86. The van der Waals surface area contributed by atoms with Gasteiger partial charge in [-0.25, -0.2) is 0 Å². The fourth-order valence-corrected chi connectivity index (χ4v) is 3.02. The first kappa shape index (κ1) is 15.2. The van der Waals surface area contributed by atoms with E-state index in [2.05, 4.69) is 41.0 Å². The topological polar surface area (TPSA) is 68.2 Å². The van der Waals surface area contributed by atoms with E-state index in [9.17, 15) is 0 Å². The molecule has 0 aliphatic carbocycles. The lowest BCUT2D eigenvalue weighted by molar-refractivity contribution is 0.238. The molecule has 1 saturated heterocycles. The molecule has 3 rings (SSSR count). The molecule has 118 valence electrons. The van der Waals surface area contributed by atoms with Crippen LogP contribution in [0.5, 0.6) is 0 Å². The van der Waals surface area contributed by atoms with Crippen molar-refractivity contribution < 1.29 is 4.52 Å². The normalized spacial score (nSPS) is 22.3. The van der Waals surface area contributed by atoms with Gasteiger partial charge in [0.1, 0.15) is 0 Å². The second-order valence-electron chi connectivity index (χ2n) is 6.68. The molecule has 1 aliphatic heterocycles. The summed E-state index contributed by atoms with van der Waals surface area (Å²) in [6, 6.07) is 8.30. The van der Waals surface area contributed by atoms with Crippen LogP contribution < -0.4 is 5.73 Å². The van der Waals surface area contributed by atoms with Gasteiger partial charge in [0.05, 0.1) is 6.54 Å². The summed E-state index contributed by atoms with van der Waals surface area (Å²) in [6.07, 6.45) is 1.85. The van der Waals surface area contributed by atoms with Crippen LogP contribution in [0.3, 0.4) is 0 Å². The smallest absolute Gasteiger partial charge is 0.240 e. The Bertz CT molecular complexity index is 639. The standard InChI is InChI=1S/C17H24N4O/c1-13-5-3-4-6-14(13)9-15-19-16(22-20-15)10-21-8-7-17(2,11-18)12-21/h3-6H,7-12,18H2,1-2H3. The summed E-state index contributed by atoms with van der Waals surface area (Å²) < 4.78 is 5.41. The predicted octanol–water partition coefficient (Wildman–Crippen LogP) is 2.14. The van der Waals surface area contributed by atoms with Crippen molar-refractivity contribution in [1.82, 2.24) is 15.0 Å². The van der Waals surface area contributed by atoms with Gasteiger partial charge in [0, 0.05) is 13.0 Å². The van der Waals surface area contributed by atoms with Crippen molar-refractivity contribution in [2.75, 3.05) is 19.6 Å². The van der Waals surface area contributed by atoms with E-state index in [1.165, 1.54) is 11.1 Å². The number of benzene rings is 1. The molecular formula is C17H24N4O. The first-order chi connectivity index (χ1) is 10.6. The lowest BCUT2D eigenvalue weighted by Gasteiger charge is -2.21. The Morgan fingerprint density at radius 1 is 1.36 bits per heavy atom. The minimum Gasteiger partial charge on any atom is -0.338 e. The molecule has 1 aliphatic rings. The lowest BCUT2D eigenvalue weighted by atomic mass is 9.90. The molecule has 1 fully saturated rings. The highest BCUT2D eigenvalue weighted by Gasteiger charge is 2.33. The monoisotopic (exact) mass is 300 g/mol. The largest absolute Gasteiger partial charge is 0.338 e. The highest BCUT2D eigenvalue weighted by molar-refractivity contribution is 5.27. The third kappa shape index (κ3) is 3.36. The van der Waals surface area contributed by atoms with Crippen LogP contribution in [0.2, 0.25) is 0 Å². The molecule has 1 aromatic carbocycles. The fourth-order valence-electron chi connectivity index (χ4n) is 3.02. The van der Waals surface area contributed by atoms with Gasteiger partial charge in [-0.2, -0.15) is 4.98 Å². The Labute approximate surface area is 131 Å². The van der Waals surface area contributed by atoms with E-state index in [1.807, 2.05) is 12.1 Å². The molecule has 2 N–H and O–H groups in total. The van der Waals surface area contributed by atoms with Gasteiger partial charge >= 0.3 is 0 Å². The van der Waals surface area contributed by atoms with Crippen molar-refractivity contribution in [3.63, 3.8) is 0 Å². The van der Waals surface area contributed by atoms with Crippen molar-refractivity contribution in [1.29, 1.82) is 0 Å². The highest BCUT2D eigenvalue weighted by Crippen LogP contribution is 2.29. The van der Waals surface area contributed by atoms with Gasteiger partial charge in [-0.3, -0.25) is 4.90 Å². The molecule has 5 nitrogen and oxygen atoms in total. The highest BCUT2D eigenvalue weighted by atomic mass is 16.5. The van der Waals surface area contributed by atoms with Crippen LogP contribution in [0.4, 0.5) is 0 Å². The Morgan fingerprint density at radius 2 is 2.18 bits per heavy atom. The Balaban J connectivity index is 1.61. The molecule has 2 heterocycles. The quantitative estimate of drug-likeness (QED) is 0.916. The van der Waals surface area contributed by atoms with Crippen LogP contribution in [0.25, 0.3) is 0 Å². The lowest BCUT2D eigenvalue weighted by Crippen LogP contribution is -2.31. The summed E-state index contributed by atoms with van der Waals surface area (Å²) in [4.78, 5) is 6.88. The van der Waals surface area contributed by atoms with Crippen LogP contribution in [-0.2, 0) is 13.0 Å². The molecular weight excluding hydrogens is 276 g/mol. The fraction of sp³-hybridized carbons (Fsp3) is 0.529. The van der Waals surface area contributed by atoms with Gasteiger partial charge in [-0.1, -0.05) is 36.3 Å². The number of nitrogens with zero attached hydrogens (tertiary/aromatic N) is 3. The molecule has 0 radical (unpaired) electrons. The van der Waals surface area contributed by atoms with E-state index in [0.717, 1.165) is 44.8 Å². The van der Waals surface area contributed by atoms with Gasteiger partial charge in [0.15, 0.2) is 5.82 Å². The molecule has 1 aromatic heterocycles. The molecule has 0 saturated carbocycles. The Morgan fingerprint density at radius 3 is 2.91 bits per heavy atom. The second kappa shape index (κ2) is 6.18. The van der Waals surface area contributed by atoms with Crippen molar-refractivity contribution in [2.24, 2.45) is 11.1 Å². The summed E-state index contributed by atoms with van der Waals surface area (Å²) >= 11 is 0. The molecule has 5 heteroatoms. The maximum Gasteiger partial charge on any atom is 0.240 e. The van der Waals surface area contributed by atoms with Gasteiger partial charge in [-0.15, -0.1) is 0 Å². The predicted molar refractivity (Wildman–Crippen MR) is 85.3 cm³/mol. The molecule has 0 amide bonds. The van der Waals surface area contributed by atoms with Crippen LogP contribution >= 0.6 is 0 Å². The molecule has 0 bridgehead atoms. The number of aromatic nitrogens is 2. The Kier molecular flexibility index (Phi) is 4.27. The minimum absolute atomic E-state index is 0.226. The average molecular weight is 300 g/mol. The number of hydrogen-bond donors (Lipinski definition) is 1. The van der Waals surface area contributed by atoms with Crippen molar-refractivity contribution in [2.45, 2.75) is 33.2 Å². The number of likely N-dealkylation sites (tertiary alicyclic amines) is 1. The molecule has 22 heavy (non-hydrogen) atoms. The van der Waals surface area contributed by atoms with Crippen LogP contribution in [0.1, 0.15) is 36.2 Å². The summed E-state index contributed by atoms with van der Waals surface area (Å²) in [5.41, 5.74) is 8.57. The van der Waals surface area contributed by atoms with Gasteiger partial charge in [-0.05, 0) is 43.0 Å². The van der Waals surface area contributed by atoms with E-state index < -0.39 is 0 Å². The molecule has 1 unspecified atom stereocenters. The van der Waals surface area contributed by atoms with Gasteiger partial charge < -0.3 is 10.3 Å². The zero-order chi connectivity index (χ0) is 15.6. The minimum atomic E-state index is 0.226. The zero-order valence-corrected chi connectivity index (χ0v) is 13.4. The van der Waals surface area contributed by atoms with Crippen LogP contribution in [-0.4, -0.2) is 34.7 Å². The van der Waals surface area contributed by atoms with E-state index in [4.69, 9.17) is 10.3 Å². The third-order valence-electron chi connectivity index (χ3n) is 4.61.